The van der Waals surface area contributed by atoms with Crippen LogP contribution in [0.2, 0.25) is 5.02 Å². The van der Waals surface area contributed by atoms with Crippen LogP contribution in [-0.2, 0) is 4.79 Å². The number of hydrogen-bond donors (Lipinski definition) is 1. The first-order chi connectivity index (χ1) is 14.1. The summed E-state index contributed by atoms with van der Waals surface area (Å²) in [6, 6.07) is 11.6. The summed E-state index contributed by atoms with van der Waals surface area (Å²) in [4.78, 5) is 20.0. The summed E-state index contributed by atoms with van der Waals surface area (Å²) in [6.45, 7) is 8.66. The molecule has 1 N–H and O–H groups in total. The molecule has 2 heterocycles. The number of aryl methyl sites for hydroxylation is 1. The van der Waals surface area contributed by atoms with Crippen molar-refractivity contribution in [3.8, 4) is 0 Å². The molecule has 2 aromatic rings. The number of rotatable bonds is 2. The van der Waals surface area contributed by atoms with Crippen molar-refractivity contribution < 1.29 is 4.79 Å². The maximum Gasteiger partial charge on any atom is 0.264 e. The molecule has 0 radical (unpaired) electrons. The number of nitrogens with one attached hydrogen (secondary N) is 1. The first kappa shape index (κ1) is 20.8. The van der Waals surface area contributed by atoms with Gasteiger partial charge in [0.25, 0.3) is 5.91 Å². The number of carbonyl (C=O) groups excluding carboxylic acids is 1. The van der Waals surface area contributed by atoms with Crippen LogP contribution in [-0.4, -0.2) is 23.7 Å². The summed E-state index contributed by atoms with van der Waals surface area (Å²) in [6.07, 6.45) is 4.24. The van der Waals surface area contributed by atoms with Crippen LogP contribution in [0.15, 0.2) is 52.4 Å². The van der Waals surface area contributed by atoms with E-state index in [2.05, 4.69) is 68.2 Å². The predicted molar refractivity (Wildman–Crippen MR) is 130 cm³/mol. The van der Waals surface area contributed by atoms with Crippen molar-refractivity contribution in [2.45, 2.75) is 33.2 Å². The van der Waals surface area contributed by atoms with Crippen LogP contribution in [0.4, 0.5) is 11.4 Å². The molecule has 154 valence electrons. The minimum absolute atomic E-state index is 0.0300. The third kappa shape index (κ3) is 3.92. The molecule has 0 bridgehead atoms. The fourth-order valence-electron chi connectivity index (χ4n) is 3.73. The minimum Gasteiger partial charge on any atom is -0.365 e. The predicted octanol–water partition coefficient (Wildman–Crippen LogP) is 6.17. The van der Waals surface area contributed by atoms with Crippen molar-refractivity contribution >= 4 is 57.5 Å². The van der Waals surface area contributed by atoms with Crippen LogP contribution >= 0.6 is 23.4 Å². The van der Waals surface area contributed by atoms with Gasteiger partial charge in [0.15, 0.2) is 5.17 Å². The van der Waals surface area contributed by atoms with Gasteiger partial charge in [-0.15, -0.1) is 0 Å². The fourth-order valence-corrected chi connectivity index (χ4v) is 4.69. The number of thioether (sulfide) groups is 1. The van der Waals surface area contributed by atoms with Gasteiger partial charge in [-0.2, -0.15) is 0 Å². The van der Waals surface area contributed by atoms with Crippen molar-refractivity contribution in [1.29, 1.82) is 0 Å². The molecular formula is C24H24ClN3OS. The van der Waals surface area contributed by atoms with Gasteiger partial charge in [-0.3, -0.25) is 4.79 Å². The average molecular weight is 438 g/mol. The average Bonchev–Trinajstić information content (AvgIpc) is 3.01. The largest absolute Gasteiger partial charge is 0.365 e. The minimum atomic E-state index is -0.129. The van der Waals surface area contributed by atoms with Gasteiger partial charge >= 0.3 is 0 Å². The van der Waals surface area contributed by atoms with Crippen LogP contribution in [0, 0.1) is 6.92 Å². The van der Waals surface area contributed by atoms with Gasteiger partial charge in [-0.05, 0) is 98.6 Å². The second-order valence-electron chi connectivity index (χ2n) is 8.22. The molecule has 30 heavy (non-hydrogen) atoms. The van der Waals surface area contributed by atoms with Crippen molar-refractivity contribution in [3.05, 3.63) is 69.1 Å². The quantitative estimate of drug-likeness (QED) is 0.571. The van der Waals surface area contributed by atoms with Crippen molar-refractivity contribution in [2.24, 2.45) is 4.99 Å². The molecular weight excluding hydrogens is 414 g/mol. The third-order valence-corrected chi connectivity index (χ3v) is 6.76. The van der Waals surface area contributed by atoms with E-state index in [9.17, 15) is 4.79 Å². The Kier molecular flexibility index (Phi) is 5.28. The Morgan fingerprint density at radius 1 is 1.17 bits per heavy atom. The first-order valence-corrected chi connectivity index (χ1v) is 11.0. The lowest BCUT2D eigenvalue weighted by Crippen LogP contribution is -2.42. The Bertz CT molecular complexity index is 1130. The smallest absolute Gasteiger partial charge is 0.264 e. The zero-order chi connectivity index (χ0) is 21.6. The van der Waals surface area contributed by atoms with Crippen molar-refractivity contribution in [3.63, 3.8) is 0 Å². The molecule has 0 atom stereocenters. The molecule has 4 rings (SSSR count). The highest BCUT2D eigenvalue weighted by atomic mass is 35.5. The number of aliphatic imine (C=N–C) groups is 1. The summed E-state index contributed by atoms with van der Waals surface area (Å²) in [5, 5.41) is 4.08. The normalized spacial score (nSPS) is 20.4. The van der Waals surface area contributed by atoms with E-state index >= 15 is 0 Å². The van der Waals surface area contributed by atoms with E-state index in [1.54, 1.807) is 12.1 Å². The Labute approximate surface area is 186 Å². The fraction of sp³-hybridized carbons (Fsp3) is 0.250. The number of allylic oxidation sites excluding steroid dienone is 1. The van der Waals surface area contributed by atoms with Gasteiger partial charge in [0.1, 0.15) is 0 Å². The topological polar surface area (TPSA) is 44.7 Å². The molecule has 1 saturated heterocycles. The highest BCUT2D eigenvalue weighted by Gasteiger charge is 2.29. The molecule has 0 spiro atoms. The van der Waals surface area contributed by atoms with E-state index in [4.69, 9.17) is 11.6 Å². The lowest BCUT2D eigenvalue weighted by atomic mass is 9.87. The highest BCUT2D eigenvalue weighted by Crippen LogP contribution is 2.40. The Hall–Kier alpha value is -2.50. The van der Waals surface area contributed by atoms with Crippen LogP contribution in [0.5, 0.6) is 0 Å². The monoisotopic (exact) mass is 437 g/mol. The van der Waals surface area contributed by atoms with E-state index < -0.39 is 0 Å². The number of fused-ring (bicyclic) bond motifs is 1. The van der Waals surface area contributed by atoms with Crippen LogP contribution in [0.25, 0.3) is 11.6 Å². The molecule has 2 aliphatic heterocycles. The van der Waals surface area contributed by atoms with Crippen molar-refractivity contribution in [2.75, 3.05) is 11.9 Å². The Morgan fingerprint density at radius 2 is 1.87 bits per heavy atom. The van der Waals surface area contributed by atoms with E-state index in [-0.39, 0.29) is 11.4 Å². The number of amidine groups is 1. The number of likely N-dealkylation sites (N-methyl/N-ethyl adjacent to an activating group) is 1. The van der Waals surface area contributed by atoms with E-state index in [1.165, 1.54) is 28.6 Å². The molecule has 0 unspecified atom stereocenters. The molecule has 4 nitrogen and oxygen atoms in total. The van der Waals surface area contributed by atoms with Crippen molar-refractivity contribution in [1.82, 2.24) is 5.32 Å². The second kappa shape index (κ2) is 7.64. The molecule has 1 amide bonds. The highest BCUT2D eigenvalue weighted by molar-refractivity contribution is 8.18. The number of benzene rings is 2. The van der Waals surface area contributed by atoms with Crippen LogP contribution < -0.4 is 10.2 Å². The lowest BCUT2D eigenvalue weighted by molar-refractivity contribution is -0.115. The maximum absolute atomic E-state index is 12.5. The molecule has 0 saturated carbocycles. The summed E-state index contributed by atoms with van der Waals surface area (Å²) in [7, 11) is 2.12. The molecule has 0 aliphatic carbocycles. The summed E-state index contributed by atoms with van der Waals surface area (Å²) in [5.41, 5.74) is 6.56. The number of nitrogens with zero attached hydrogens (tertiary/aromatic N) is 2. The molecule has 2 aliphatic rings. The van der Waals surface area contributed by atoms with Gasteiger partial charge in [0, 0.05) is 23.3 Å². The third-order valence-electron chi connectivity index (χ3n) is 5.60. The molecule has 6 heteroatoms. The van der Waals surface area contributed by atoms with Gasteiger partial charge in [0.2, 0.25) is 0 Å². The molecule has 1 fully saturated rings. The second-order valence-corrected chi connectivity index (χ2v) is 9.69. The maximum atomic E-state index is 12.5. The molecule has 2 aromatic carbocycles. The zero-order valence-electron chi connectivity index (χ0n) is 17.7. The SMILES string of the molecule is CC1=CC(C)(C)N(C)c2cc(C)c(/C=C3\SC(=Nc4ccc(Cl)cc4)NC3=O)cc21. The Morgan fingerprint density at radius 3 is 2.57 bits per heavy atom. The first-order valence-electron chi connectivity index (χ1n) is 9.77. The molecule has 0 aromatic heterocycles. The van der Waals surface area contributed by atoms with Gasteiger partial charge in [-0.1, -0.05) is 17.7 Å². The van der Waals surface area contributed by atoms with Crippen LogP contribution in [0.3, 0.4) is 0 Å². The zero-order valence-corrected chi connectivity index (χ0v) is 19.3. The summed E-state index contributed by atoms with van der Waals surface area (Å²) < 4.78 is 0. The van der Waals surface area contributed by atoms with E-state index in [1.807, 2.05) is 18.2 Å². The number of hydrogen-bond acceptors (Lipinski definition) is 4. The number of amides is 1. The summed E-state index contributed by atoms with van der Waals surface area (Å²) in [5.74, 6) is -0.129. The lowest BCUT2D eigenvalue weighted by Gasteiger charge is -2.41. The van der Waals surface area contributed by atoms with Gasteiger partial charge in [0.05, 0.1) is 16.1 Å². The number of halogens is 1. The van der Waals surface area contributed by atoms with Crippen LogP contribution in [0.1, 0.15) is 37.5 Å². The standard InChI is InChI=1S/C24H24ClN3OS/c1-14-10-20-19(15(2)13-24(3,4)28(20)5)11-16(14)12-21-22(29)27-23(30-21)26-18-8-6-17(25)7-9-18/h6-13H,1-5H3,(H,26,27,29)/b21-12-. The van der Waals surface area contributed by atoms with E-state index in [0.717, 1.165) is 16.8 Å². The Balaban J connectivity index is 1.66. The number of anilines is 1. The number of carbonyl (C=O) groups is 1. The van der Waals surface area contributed by atoms with E-state index in [0.29, 0.717) is 15.1 Å². The van der Waals surface area contributed by atoms with Gasteiger partial charge in [-0.25, -0.2) is 4.99 Å². The summed E-state index contributed by atoms with van der Waals surface area (Å²) >= 11 is 7.28. The van der Waals surface area contributed by atoms with Gasteiger partial charge < -0.3 is 10.2 Å².